The predicted molar refractivity (Wildman–Crippen MR) is 80.3 cm³/mol. The van der Waals surface area contributed by atoms with Crippen LogP contribution in [0.15, 0.2) is 21.7 Å². The van der Waals surface area contributed by atoms with Crippen molar-refractivity contribution in [1.29, 1.82) is 0 Å². The first-order valence-corrected chi connectivity index (χ1v) is 6.70. The lowest BCUT2D eigenvalue weighted by Gasteiger charge is -2.06. The lowest BCUT2D eigenvalue weighted by molar-refractivity contribution is -0.121. The predicted octanol–water partition coefficient (Wildman–Crippen LogP) is -0.118. The molecule has 0 radical (unpaired) electrons. The van der Waals surface area contributed by atoms with Gasteiger partial charge in [0.2, 0.25) is 5.95 Å². The standard InChI is InChI=1S/C11H12BrN7O3/c1-22-9-2-6(7(12)3-8(9)20)4-14-15-10(21)5-19-11(13)16-17-18-19/h2-4,20H,5H2,1H3,(H,15,21)(H2,13,16,18)/b14-4-. The van der Waals surface area contributed by atoms with Crippen molar-refractivity contribution in [2.24, 2.45) is 5.10 Å². The number of phenols is 1. The van der Waals surface area contributed by atoms with E-state index in [0.717, 1.165) is 4.68 Å². The maximum atomic E-state index is 11.6. The number of carbonyl (C=O) groups is 1. The number of halogens is 1. The van der Waals surface area contributed by atoms with Crippen molar-refractivity contribution < 1.29 is 14.6 Å². The lowest BCUT2D eigenvalue weighted by Crippen LogP contribution is -2.24. The molecule has 0 aliphatic carbocycles. The Morgan fingerprint density at radius 1 is 1.64 bits per heavy atom. The molecule has 1 amide bonds. The van der Waals surface area contributed by atoms with Crippen molar-refractivity contribution in [3.8, 4) is 11.5 Å². The number of hydrogen-bond donors (Lipinski definition) is 3. The van der Waals surface area contributed by atoms with E-state index in [4.69, 9.17) is 10.5 Å². The summed E-state index contributed by atoms with van der Waals surface area (Å²) in [4.78, 5) is 11.6. The molecule has 0 bridgehead atoms. The van der Waals surface area contributed by atoms with Crippen LogP contribution >= 0.6 is 15.9 Å². The molecule has 0 spiro atoms. The average Bonchev–Trinajstić information content (AvgIpc) is 2.86. The monoisotopic (exact) mass is 369 g/mol. The second kappa shape index (κ2) is 6.85. The van der Waals surface area contributed by atoms with E-state index in [9.17, 15) is 9.90 Å². The van der Waals surface area contributed by atoms with Crippen LogP contribution in [-0.4, -0.2) is 44.5 Å². The Morgan fingerprint density at radius 3 is 3.05 bits per heavy atom. The number of nitrogens with zero attached hydrogens (tertiary/aromatic N) is 5. The Balaban J connectivity index is 2.00. The summed E-state index contributed by atoms with van der Waals surface area (Å²) in [7, 11) is 1.43. The number of carbonyl (C=O) groups excluding carboxylic acids is 1. The third-order valence-corrected chi connectivity index (χ3v) is 3.23. The van der Waals surface area contributed by atoms with E-state index >= 15 is 0 Å². The molecule has 4 N–H and O–H groups in total. The first kappa shape index (κ1) is 15.7. The number of benzene rings is 1. The van der Waals surface area contributed by atoms with Gasteiger partial charge in [0.05, 0.1) is 13.3 Å². The summed E-state index contributed by atoms with van der Waals surface area (Å²) in [5.41, 5.74) is 8.36. The Kier molecular flexibility index (Phi) is 4.88. The third kappa shape index (κ3) is 3.69. The highest BCUT2D eigenvalue weighted by molar-refractivity contribution is 9.10. The summed E-state index contributed by atoms with van der Waals surface area (Å²) in [6.07, 6.45) is 1.40. The number of methoxy groups -OCH3 is 1. The van der Waals surface area contributed by atoms with Crippen LogP contribution in [0.4, 0.5) is 5.95 Å². The molecule has 2 aromatic rings. The van der Waals surface area contributed by atoms with Gasteiger partial charge >= 0.3 is 0 Å². The average molecular weight is 370 g/mol. The van der Waals surface area contributed by atoms with Gasteiger partial charge in [-0.15, -0.1) is 0 Å². The van der Waals surface area contributed by atoms with Gasteiger partial charge in [0.1, 0.15) is 6.54 Å². The SMILES string of the molecule is COc1cc(/C=N\NC(=O)Cn2nnnc2N)c(Br)cc1O. The second-order valence-corrected chi connectivity index (χ2v) is 4.89. The van der Waals surface area contributed by atoms with E-state index in [1.165, 1.54) is 19.4 Å². The fraction of sp³-hybridized carbons (Fsp3) is 0.182. The van der Waals surface area contributed by atoms with Crippen LogP contribution in [0.5, 0.6) is 11.5 Å². The zero-order valence-corrected chi connectivity index (χ0v) is 13.0. The molecule has 11 heteroatoms. The number of hydrogen-bond acceptors (Lipinski definition) is 8. The summed E-state index contributed by atoms with van der Waals surface area (Å²) >= 11 is 3.27. The molecule has 0 unspecified atom stereocenters. The highest BCUT2D eigenvalue weighted by Crippen LogP contribution is 2.31. The number of phenolic OH excluding ortho intramolecular Hbond substituents is 1. The van der Waals surface area contributed by atoms with Crippen LogP contribution in [0.2, 0.25) is 0 Å². The summed E-state index contributed by atoms with van der Waals surface area (Å²) in [5, 5.41) is 23.7. The molecule has 116 valence electrons. The zero-order chi connectivity index (χ0) is 16.1. The molecule has 10 nitrogen and oxygen atoms in total. The number of rotatable bonds is 5. The van der Waals surface area contributed by atoms with E-state index in [-0.39, 0.29) is 24.0 Å². The largest absolute Gasteiger partial charge is 0.504 e. The van der Waals surface area contributed by atoms with E-state index in [1.807, 2.05) is 0 Å². The van der Waals surface area contributed by atoms with Crippen LogP contribution in [0, 0.1) is 0 Å². The minimum atomic E-state index is -0.447. The highest BCUT2D eigenvalue weighted by atomic mass is 79.9. The molecular weight excluding hydrogens is 358 g/mol. The number of aromatic nitrogens is 4. The van der Waals surface area contributed by atoms with Crippen LogP contribution < -0.4 is 15.9 Å². The molecule has 22 heavy (non-hydrogen) atoms. The molecule has 0 fully saturated rings. The van der Waals surface area contributed by atoms with Crippen molar-refractivity contribution >= 4 is 34.0 Å². The van der Waals surface area contributed by atoms with E-state index in [0.29, 0.717) is 10.0 Å². The van der Waals surface area contributed by atoms with Gasteiger partial charge < -0.3 is 15.6 Å². The number of nitrogens with one attached hydrogen (secondary N) is 1. The fourth-order valence-corrected chi connectivity index (χ4v) is 1.92. The molecule has 0 saturated carbocycles. The van der Waals surface area contributed by atoms with Crippen LogP contribution in [-0.2, 0) is 11.3 Å². The van der Waals surface area contributed by atoms with Crippen molar-refractivity contribution in [2.45, 2.75) is 6.54 Å². The molecule has 1 heterocycles. The maximum absolute atomic E-state index is 11.6. The Labute approximate surface area is 133 Å². The van der Waals surface area contributed by atoms with Gasteiger partial charge in [-0.05, 0) is 38.5 Å². The summed E-state index contributed by atoms with van der Waals surface area (Å²) in [5.74, 6) is -0.135. The van der Waals surface area contributed by atoms with Gasteiger partial charge in [-0.3, -0.25) is 4.79 Å². The van der Waals surface area contributed by atoms with Gasteiger partial charge in [0.25, 0.3) is 5.91 Å². The first-order valence-electron chi connectivity index (χ1n) is 5.91. The number of anilines is 1. The fourth-order valence-electron chi connectivity index (χ4n) is 1.49. The third-order valence-electron chi connectivity index (χ3n) is 2.54. The summed E-state index contributed by atoms with van der Waals surface area (Å²) in [6, 6.07) is 3.03. The normalized spacial score (nSPS) is 10.8. The van der Waals surface area contributed by atoms with Crippen molar-refractivity contribution in [1.82, 2.24) is 25.6 Å². The molecular formula is C11H12BrN7O3. The van der Waals surface area contributed by atoms with Crippen LogP contribution in [0.25, 0.3) is 0 Å². The number of ether oxygens (including phenoxy) is 1. The van der Waals surface area contributed by atoms with E-state index < -0.39 is 5.91 Å². The van der Waals surface area contributed by atoms with Crippen molar-refractivity contribution in [3.05, 3.63) is 22.2 Å². The van der Waals surface area contributed by atoms with Gasteiger partial charge in [0.15, 0.2) is 11.5 Å². The topological polar surface area (TPSA) is 141 Å². The molecule has 1 aromatic heterocycles. The Bertz CT molecular complexity index is 716. The van der Waals surface area contributed by atoms with Gasteiger partial charge in [-0.2, -0.15) is 5.10 Å². The first-order chi connectivity index (χ1) is 10.5. The van der Waals surface area contributed by atoms with Gasteiger partial charge in [-0.1, -0.05) is 5.10 Å². The van der Waals surface area contributed by atoms with E-state index in [1.54, 1.807) is 6.07 Å². The quantitative estimate of drug-likeness (QED) is 0.492. The van der Waals surface area contributed by atoms with Crippen LogP contribution in [0.1, 0.15) is 5.56 Å². The smallest absolute Gasteiger partial charge is 0.261 e. The van der Waals surface area contributed by atoms with Gasteiger partial charge in [-0.25, -0.2) is 10.1 Å². The number of amides is 1. The number of hydrazone groups is 1. The van der Waals surface area contributed by atoms with Crippen molar-refractivity contribution in [2.75, 3.05) is 12.8 Å². The highest BCUT2D eigenvalue weighted by Gasteiger charge is 2.08. The Morgan fingerprint density at radius 2 is 2.41 bits per heavy atom. The second-order valence-electron chi connectivity index (χ2n) is 4.03. The maximum Gasteiger partial charge on any atom is 0.261 e. The number of aromatic hydroxyl groups is 1. The van der Waals surface area contributed by atoms with Crippen molar-refractivity contribution in [3.63, 3.8) is 0 Å². The molecule has 0 aliphatic heterocycles. The van der Waals surface area contributed by atoms with Gasteiger partial charge in [0, 0.05) is 10.0 Å². The lowest BCUT2D eigenvalue weighted by atomic mass is 10.2. The Hall–Kier alpha value is -2.69. The number of nitrogen functional groups attached to an aromatic ring is 1. The molecule has 0 saturated heterocycles. The summed E-state index contributed by atoms with van der Waals surface area (Å²) in [6.45, 7) is -0.157. The van der Waals surface area contributed by atoms with E-state index in [2.05, 4.69) is 42.0 Å². The summed E-state index contributed by atoms with van der Waals surface area (Å²) < 4.78 is 6.71. The molecule has 2 rings (SSSR count). The molecule has 1 aromatic carbocycles. The van der Waals surface area contributed by atoms with Crippen LogP contribution in [0.3, 0.4) is 0 Å². The minimum absolute atomic E-state index is 0.00952. The minimum Gasteiger partial charge on any atom is -0.504 e. The molecule has 0 atom stereocenters. The zero-order valence-electron chi connectivity index (χ0n) is 11.4. The molecule has 0 aliphatic rings. The number of tetrazole rings is 1. The number of nitrogens with two attached hydrogens (primary N) is 1.